The zero-order valence-electron chi connectivity index (χ0n) is 21.6. The number of nitrogens with zero attached hydrogens (tertiary/aromatic N) is 3. The number of hydrazone groups is 1. The normalized spacial score (nSPS) is 13.2. The van der Waals surface area contributed by atoms with E-state index in [1.807, 2.05) is 60.7 Å². The third kappa shape index (κ3) is 5.18. The predicted octanol–water partition coefficient (Wildman–Crippen LogP) is 6.49. The number of nitrogens with one attached hydrogen (secondary N) is 1. The summed E-state index contributed by atoms with van der Waals surface area (Å²) in [6.45, 7) is 0. The summed E-state index contributed by atoms with van der Waals surface area (Å²) >= 11 is 6.30. The van der Waals surface area contributed by atoms with Crippen LogP contribution < -0.4 is 15.7 Å². The van der Waals surface area contributed by atoms with E-state index in [1.54, 1.807) is 29.2 Å². The van der Waals surface area contributed by atoms with Gasteiger partial charge in [-0.25, -0.2) is 10.4 Å². The van der Waals surface area contributed by atoms with E-state index < -0.39 is 0 Å². The van der Waals surface area contributed by atoms with E-state index in [4.69, 9.17) is 9.72 Å². The molecule has 0 fully saturated rings. The number of amides is 1. The summed E-state index contributed by atoms with van der Waals surface area (Å²) in [4.78, 5) is 33.6. The number of rotatable bonds is 7. The smallest absolute Gasteiger partial charge is 0.267 e. The van der Waals surface area contributed by atoms with Gasteiger partial charge in [0.15, 0.2) is 5.16 Å². The Morgan fingerprint density at radius 2 is 1.95 bits per heavy atom. The van der Waals surface area contributed by atoms with Crippen molar-refractivity contribution in [2.45, 2.75) is 30.8 Å². The van der Waals surface area contributed by atoms with Gasteiger partial charge in [0.05, 0.1) is 30.2 Å². The zero-order valence-corrected chi connectivity index (χ0v) is 24.9. The third-order valence-corrected chi connectivity index (χ3v) is 9.56. The van der Waals surface area contributed by atoms with Crippen molar-refractivity contribution in [3.63, 3.8) is 0 Å². The molecule has 6 rings (SSSR count). The summed E-state index contributed by atoms with van der Waals surface area (Å²) in [5.74, 6) is 0.409. The molecule has 3 aromatic carbocycles. The maximum atomic E-state index is 13.9. The molecule has 5 aromatic rings. The molecule has 2 heterocycles. The summed E-state index contributed by atoms with van der Waals surface area (Å²) in [5, 5.41) is 7.42. The SMILES string of the molecule is COc1ccc2ccccc2c1C=NNC(=O)CSc1nc2sc3c(c2c(=O)n1-c1ccc(Br)cc1)CCCC3. The van der Waals surface area contributed by atoms with E-state index in [1.165, 1.54) is 16.6 Å². The third-order valence-electron chi connectivity index (χ3n) is 6.91. The minimum atomic E-state index is -0.303. The van der Waals surface area contributed by atoms with Crippen LogP contribution in [0.25, 0.3) is 26.7 Å². The summed E-state index contributed by atoms with van der Waals surface area (Å²) in [6.07, 6.45) is 5.70. The van der Waals surface area contributed by atoms with Crippen LogP contribution in [0.4, 0.5) is 0 Å². The molecule has 40 heavy (non-hydrogen) atoms. The quantitative estimate of drug-likeness (QED) is 0.0959. The molecule has 0 spiro atoms. The molecule has 10 heteroatoms. The maximum absolute atomic E-state index is 13.9. The van der Waals surface area contributed by atoms with E-state index in [-0.39, 0.29) is 17.2 Å². The lowest BCUT2D eigenvalue weighted by atomic mass is 9.97. The molecule has 0 saturated carbocycles. The van der Waals surface area contributed by atoms with Gasteiger partial charge in [0, 0.05) is 14.9 Å². The van der Waals surface area contributed by atoms with Crippen molar-refractivity contribution < 1.29 is 9.53 Å². The van der Waals surface area contributed by atoms with Crippen molar-refractivity contribution in [1.82, 2.24) is 15.0 Å². The highest BCUT2D eigenvalue weighted by molar-refractivity contribution is 9.10. The van der Waals surface area contributed by atoms with Gasteiger partial charge in [-0.2, -0.15) is 5.10 Å². The highest BCUT2D eigenvalue weighted by Crippen LogP contribution is 2.35. The molecule has 1 N–H and O–H groups in total. The van der Waals surface area contributed by atoms with Crippen LogP contribution in [0, 0.1) is 0 Å². The van der Waals surface area contributed by atoms with Gasteiger partial charge in [-0.15, -0.1) is 11.3 Å². The first-order valence-electron chi connectivity index (χ1n) is 12.9. The number of aromatic nitrogens is 2. The van der Waals surface area contributed by atoms with E-state index in [2.05, 4.69) is 26.5 Å². The number of hydrogen-bond donors (Lipinski definition) is 1. The molecule has 0 bridgehead atoms. The van der Waals surface area contributed by atoms with Crippen LogP contribution in [-0.4, -0.2) is 34.5 Å². The van der Waals surface area contributed by atoms with Gasteiger partial charge < -0.3 is 4.74 Å². The molecule has 7 nitrogen and oxygen atoms in total. The number of methoxy groups -OCH3 is 1. The average Bonchev–Trinajstić information content (AvgIpc) is 3.35. The van der Waals surface area contributed by atoms with E-state index in [0.29, 0.717) is 22.0 Å². The fourth-order valence-electron chi connectivity index (χ4n) is 5.02. The Morgan fingerprint density at radius 1 is 1.15 bits per heavy atom. The second-order valence-electron chi connectivity index (χ2n) is 9.39. The van der Waals surface area contributed by atoms with Crippen LogP contribution >= 0.6 is 39.0 Å². The first kappa shape index (κ1) is 26.7. The molecular weight excluding hydrogens is 608 g/mol. The largest absolute Gasteiger partial charge is 0.496 e. The number of carbonyl (C=O) groups is 1. The number of benzene rings is 3. The van der Waals surface area contributed by atoms with Gasteiger partial charge in [-0.05, 0) is 72.4 Å². The lowest BCUT2D eigenvalue weighted by Gasteiger charge is -2.13. The van der Waals surface area contributed by atoms with Crippen molar-refractivity contribution >= 4 is 72.1 Å². The molecule has 0 saturated heterocycles. The zero-order chi connectivity index (χ0) is 27.6. The number of thiophene rings is 1. The molecule has 1 aliphatic rings. The summed E-state index contributed by atoms with van der Waals surface area (Å²) in [6, 6.07) is 19.3. The van der Waals surface area contributed by atoms with Crippen molar-refractivity contribution in [2.24, 2.45) is 5.10 Å². The highest BCUT2D eigenvalue weighted by Gasteiger charge is 2.23. The predicted molar refractivity (Wildman–Crippen MR) is 167 cm³/mol. The highest BCUT2D eigenvalue weighted by atomic mass is 79.9. The first-order chi connectivity index (χ1) is 19.5. The molecular formula is C30H25BrN4O3S2. The Kier molecular flexibility index (Phi) is 7.73. The van der Waals surface area contributed by atoms with E-state index >= 15 is 0 Å². The van der Waals surface area contributed by atoms with E-state index in [9.17, 15) is 9.59 Å². The Balaban J connectivity index is 1.27. The Labute approximate surface area is 247 Å². The Bertz CT molecular complexity index is 1830. The topological polar surface area (TPSA) is 85.6 Å². The summed E-state index contributed by atoms with van der Waals surface area (Å²) in [5.41, 5.74) is 5.16. The molecule has 1 aliphatic carbocycles. The molecule has 0 unspecified atom stereocenters. The van der Waals surface area contributed by atoms with Crippen LogP contribution in [0.1, 0.15) is 28.8 Å². The minimum Gasteiger partial charge on any atom is -0.496 e. The van der Waals surface area contributed by atoms with Gasteiger partial charge >= 0.3 is 0 Å². The number of ether oxygens (including phenoxy) is 1. The van der Waals surface area contributed by atoms with Gasteiger partial charge in [0.1, 0.15) is 10.6 Å². The second-order valence-corrected chi connectivity index (χ2v) is 12.3. The van der Waals surface area contributed by atoms with Gasteiger partial charge in [-0.1, -0.05) is 58.0 Å². The molecule has 202 valence electrons. The van der Waals surface area contributed by atoms with Crippen LogP contribution in [0.5, 0.6) is 5.75 Å². The van der Waals surface area contributed by atoms with Crippen LogP contribution in [0.2, 0.25) is 0 Å². The average molecular weight is 634 g/mol. The summed E-state index contributed by atoms with van der Waals surface area (Å²) < 4.78 is 8.05. The second kappa shape index (κ2) is 11.6. The Morgan fingerprint density at radius 3 is 2.77 bits per heavy atom. The van der Waals surface area contributed by atoms with Gasteiger partial charge in [0.2, 0.25) is 0 Å². The van der Waals surface area contributed by atoms with Crippen LogP contribution in [-0.2, 0) is 17.6 Å². The molecule has 2 aromatic heterocycles. The number of aryl methyl sites for hydroxylation is 2. The Hall–Kier alpha value is -3.47. The van der Waals surface area contributed by atoms with Crippen LogP contribution in [0.3, 0.4) is 0 Å². The van der Waals surface area contributed by atoms with Crippen molar-refractivity contribution in [3.05, 3.63) is 91.5 Å². The van der Waals surface area contributed by atoms with Crippen molar-refractivity contribution in [2.75, 3.05) is 12.9 Å². The van der Waals surface area contributed by atoms with Crippen molar-refractivity contribution in [3.8, 4) is 11.4 Å². The van der Waals surface area contributed by atoms with Gasteiger partial charge in [0.25, 0.3) is 11.5 Å². The van der Waals surface area contributed by atoms with Crippen LogP contribution in [0.15, 0.2) is 80.2 Å². The van der Waals surface area contributed by atoms with Gasteiger partial charge in [-0.3, -0.25) is 14.2 Å². The maximum Gasteiger partial charge on any atom is 0.267 e. The van der Waals surface area contributed by atoms with E-state index in [0.717, 1.165) is 56.9 Å². The first-order valence-corrected chi connectivity index (χ1v) is 15.5. The standard InChI is InChI=1S/C30H25BrN4O3S2/c1-38-24-15-10-18-6-2-3-7-21(18)23(24)16-32-34-26(36)17-39-30-33-28-27(22-8-4-5-9-25(22)40-28)29(37)35(30)20-13-11-19(31)12-14-20/h2-3,6-7,10-16H,4-5,8-9,17H2,1H3,(H,34,36). The monoisotopic (exact) mass is 632 g/mol. The number of thioether (sulfide) groups is 1. The lowest BCUT2D eigenvalue weighted by Crippen LogP contribution is -2.24. The number of hydrogen-bond acceptors (Lipinski definition) is 7. The summed E-state index contributed by atoms with van der Waals surface area (Å²) in [7, 11) is 1.61. The fourth-order valence-corrected chi connectivity index (χ4v) is 7.39. The number of fused-ring (bicyclic) bond motifs is 4. The fraction of sp³-hybridized carbons (Fsp3) is 0.200. The molecule has 1 amide bonds. The molecule has 0 radical (unpaired) electrons. The molecule has 0 aliphatic heterocycles. The minimum absolute atomic E-state index is 0.0452. The molecule has 0 atom stereocenters. The lowest BCUT2D eigenvalue weighted by molar-refractivity contribution is -0.118. The number of halogens is 1. The number of carbonyl (C=O) groups excluding carboxylic acids is 1. The van der Waals surface area contributed by atoms with Crippen molar-refractivity contribution in [1.29, 1.82) is 0 Å².